The minimum Gasteiger partial charge on any atom is -0.481 e. The zero-order chi connectivity index (χ0) is 15.5. The SMILES string of the molecule is O=C(O)CC1(CNS(=O)(=O)c2ccc(Br)s2)CCCCC1. The molecule has 0 radical (unpaired) electrons. The van der Waals surface area contributed by atoms with Crippen molar-refractivity contribution >= 4 is 43.3 Å². The van der Waals surface area contributed by atoms with Gasteiger partial charge in [-0.2, -0.15) is 0 Å². The third-order valence-electron chi connectivity index (χ3n) is 3.89. The maximum atomic E-state index is 12.2. The molecule has 0 spiro atoms. The molecule has 21 heavy (non-hydrogen) atoms. The molecule has 118 valence electrons. The summed E-state index contributed by atoms with van der Waals surface area (Å²) in [5.74, 6) is -0.866. The van der Waals surface area contributed by atoms with Gasteiger partial charge in [0.2, 0.25) is 10.0 Å². The zero-order valence-corrected chi connectivity index (χ0v) is 14.7. The molecule has 0 aromatic carbocycles. The van der Waals surface area contributed by atoms with Gasteiger partial charge in [-0.25, -0.2) is 13.1 Å². The van der Waals surface area contributed by atoms with E-state index < -0.39 is 21.4 Å². The predicted molar refractivity (Wildman–Crippen MR) is 85.0 cm³/mol. The lowest BCUT2D eigenvalue weighted by Gasteiger charge is -2.36. The van der Waals surface area contributed by atoms with E-state index in [9.17, 15) is 13.2 Å². The highest BCUT2D eigenvalue weighted by Crippen LogP contribution is 2.39. The Labute approximate surface area is 136 Å². The summed E-state index contributed by atoms with van der Waals surface area (Å²) >= 11 is 4.39. The van der Waals surface area contributed by atoms with Crippen LogP contribution in [-0.4, -0.2) is 26.0 Å². The van der Waals surface area contributed by atoms with Crippen LogP contribution in [0.3, 0.4) is 0 Å². The van der Waals surface area contributed by atoms with E-state index >= 15 is 0 Å². The van der Waals surface area contributed by atoms with Crippen LogP contribution in [0.2, 0.25) is 0 Å². The molecule has 1 aliphatic carbocycles. The van der Waals surface area contributed by atoms with E-state index in [0.717, 1.165) is 47.2 Å². The van der Waals surface area contributed by atoms with Crippen LogP contribution in [0, 0.1) is 5.41 Å². The molecule has 2 rings (SSSR count). The quantitative estimate of drug-likeness (QED) is 0.774. The Hall–Kier alpha value is -0.440. The second-order valence-corrected chi connectivity index (χ2v) is 9.97. The molecule has 1 aliphatic rings. The molecule has 0 atom stereocenters. The van der Waals surface area contributed by atoms with E-state index in [1.165, 1.54) is 0 Å². The topological polar surface area (TPSA) is 83.5 Å². The number of sulfonamides is 1. The Morgan fingerprint density at radius 3 is 2.52 bits per heavy atom. The Kier molecular flexibility index (Phi) is 5.45. The van der Waals surface area contributed by atoms with E-state index in [4.69, 9.17) is 5.11 Å². The Morgan fingerprint density at radius 2 is 2.00 bits per heavy atom. The van der Waals surface area contributed by atoms with Crippen LogP contribution in [0.25, 0.3) is 0 Å². The van der Waals surface area contributed by atoms with Crippen molar-refractivity contribution in [1.29, 1.82) is 0 Å². The van der Waals surface area contributed by atoms with Gasteiger partial charge in [-0.1, -0.05) is 19.3 Å². The second-order valence-electron chi connectivity index (χ2n) is 5.51. The molecule has 0 amide bonds. The van der Waals surface area contributed by atoms with Crippen LogP contribution in [0.15, 0.2) is 20.1 Å². The average molecular weight is 396 g/mol. The van der Waals surface area contributed by atoms with Crippen molar-refractivity contribution in [3.05, 3.63) is 15.9 Å². The molecule has 2 N–H and O–H groups in total. The van der Waals surface area contributed by atoms with Gasteiger partial charge in [0.1, 0.15) is 4.21 Å². The van der Waals surface area contributed by atoms with Gasteiger partial charge >= 0.3 is 5.97 Å². The minimum absolute atomic E-state index is 0.0175. The van der Waals surface area contributed by atoms with Crippen LogP contribution < -0.4 is 4.72 Å². The third kappa shape index (κ3) is 4.51. The van der Waals surface area contributed by atoms with Gasteiger partial charge in [0.05, 0.1) is 10.2 Å². The summed E-state index contributed by atoms with van der Waals surface area (Å²) in [4.78, 5) is 11.1. The van der Waals surface area contributed by atoms with E-state index in [0.29, 0.717) is 0 Å². The minimum atomic E-state index is -3.57. The Morgan fingerprint density at radius 1 is 1.33 bits per heavy atom. The molecule has 1 saturated carbocycles. The number of thiophene rings is 1. The van der Waals surface area contributed by atoms with E-state index in [1.807, 2.05) is 0 Å². The summed E-state index contributed by atoms with van der Waals surface area (Å²) in [6.07, 6.45) is 4.54. The fraction of sp³-hybridized carbons (Fsp3) is 0.615. The first-order valence-corrected chi connectivity index (χ1v) is 9.89. The molecule has 8 heteroatoms. The largest absolute Gasteiger partial charge is 0.481 e. The van der Waals surface area contributed by atoms with Crippen molar-refractivity contribution in [3.63, 3.8) is 0 Å². The predicted octanol–water partition coefficient (Wildman–Crippen LogP) is 3.21. The van der Waals surface area contributed by atoms with E-state index in [-0.39, 0.29) is 17.2 Å². The van der Waals surface area contributed by atoms with Crippen LogP contribution in [0.4, 0.5) is 0 Å². The second kappa shape index (κ2) is 6.76. The normalized spacial score (nSPS) is 18.5. The molecule has 0 aliphatic heterocycles. The lowest BCUT2D eigenvalue weighted by atomic mass is 9.72. The van der Waals surface area contributed by atoms with E-state index in [2.05, 4.69) is 20.7 Å². The smallest absolute Gasteiger partial charge is 0.303 e. The lowest BCUT2D eigenvalue weighted by molar-refractivity contribution is -0.140. The zero-order valence-electron chi connectivity index (χ0n) is 11.5. The van der Waals surface area contributed by atoms with Gasteiger partial charge in [0.15, 0.2) is 0 Å². The van der Waals surface area contributed by atoms with Crippen LogP contribution in [0.5, 0.6) is 0 Å². The fourth-order valence-corrected chi connectivity index (χ4v) is 6.01. The highest BCUT2D eigenvalue weighted by atomic mass is 79.9. The Bertz CT molecular complexity index is 605. The first-order chi connectivity index (χ1) is 9.83. The molecule has 0 unspecified atom stereocenters. The highest BCUT2D eigenvalue weighted by molar-refractivity contribution is 9.11. The molecule has 1 aromatic heterocycles. The maximum Gasteiger partial charge on any atom is 0.303 e. The number of hydrogen-bond donors (Lipinski definition) is 2. The summed E-state index contributed by atoms with van der Waals surface area (Å²) < 4.78 is 28.1. The molecule has 1 heterocycles. The van der Waals surface area contributed by atoms with Gasteiger partial charge in [-0.3, -0.25) is 4.79 Å². The lowest BCUT2D eigenvalue weighted by Crippen LogP contribution is -2.40. The number of carboxylic acid groups (broad SMARTS) is 1. The number of carbonyl (C=O) groups is 1. The summed E-state index contributed by atoms with van der Waals surface area (Å²) in [5.41, 5.74) is -0.453. The van der Waals surface area contributed by atoms with Crippen molar-refractivity contribution in [3.8, 4) is 0 Å². The van der Waals surface area contributed by atoms with Crippen molar-refractivity contribution in [2.45, 2.75) is 42.7 Å². The third-order valence-corrected chi connectivity index (χ3v) is 7.41. The summed E-state index contributed by atoms with van der Waals surface area (Å²) in [6.45, 7) is 0.192. The summed E-state index contributed by atoms with van der Waals surface area (Å²) in [7, 11) is -3.57. The first kappa shape index (κ1) is 16.9. The standard InChI is InChI=1S/C13H18BrNO4S2/c14-10-4-5-12(20-10)21(18,19)15-9-13(8-11(16)17)6-2-1-3-7-13/h4-5,15H,1-3,6-9H2,(H,16,17). The number of carboxylic acids is 1. The molecular weight excluding hydrogens is 378 g/mol. The first-order valence-electron chi connectivity index (χ1n) is 6.80. The summed E-state index contributed by atoms with van der Waals surface area (Å²) in [5, 5.41) is 9.10. The molecule has 1 fully saturated rings. The fourth-order valence-electron chi connectivity index (χ4n) is 2.80. The monoisotopic (exact) mass is 395 g/mol. The number of rotatable bonds is 6. The van der Waals surface area contributed by atoms with Gasteiger partial charge in [0, 0.05) is 6.54 Å². The van der Waals surface area contributed by atoms with Gasteiger partial charge in [-0.05, 0) is 46.3 Å². The van der Waals surface area contributed by atoms with Crippen molar-refractivity contribution in [1.82, 2.24) is 4.72 Å². The molecule has 0 saturated heterocycles. The van der Waals surface area contributed by atoms with Gasteiger partial charge in [0.25, 0.3) is 0 Å². The van der Waals surface area contributed by atoms with Crippen LogP contribution in [-0.2, 0) is 14.8 Å². The molecule has 5 nitrogen and oxygen atoms in total. The van der Waals surface area contributed by atoms with E-state index in [1.54, 1.807) is 12.1 Å². The maximum absolute atomic E-state index is 12.2. The van der Waals surface area contributed by atoms with Gasteiger partial charge < -0.3 is 5.11 Å². The molecular formula is C13H18BrNO4S2. The number of nitrogens with one attached hydrogen (secondary N) is 1. The number of aliphatic carboxylic acids is 1. The van der Waals surface area contributed by atoms with Gasteiger partial charge in [-0.15, -0.1) is 11.3 Å². The number of hydrogen-bond acceptors (Lipinski definition) is 4. The van der Waals surface area contributed by atoms with Crippen LogP contribution in [0.1, 0.15) is 38.5 Å². The van der Waals surface area contributed by atoms with Crippen molar-refractivity contribution in [2.24, 2.45) is 5.41 Å². The average Bonchev–Trinajstić information content (AvgIpc) is 2.85. The number of halogens is 1. The van der Waals surface area contributed by atoms with Crippen molar-refractivity contribution < 1.29 is 18.3 Å². The van der Waals surface area contributed by atoms with Crippen LogP contribution >= 0.6 is 27.3 Å². The van der Waals surface area contributed by atoms with Crippen molar-refractivity contribution in [2.75, 3.05) is 6.54 Å². The highest BCUT2D eigenvalue weighted by Gasteiger charge is 2.35. The molecule has 1 aromatic rings. The summed E-state index contributed by atoms with van der Waals surface area (Å²) in [6, 6.07) is 3.23. The Balaban J connectivity index is 2.09. The molecule has 0 bridgehead atoms.